The number of benzene rings is 1. The molecule has 1 rings (SSSR count). The number of carboxylic acid groups (broad SMARTS) is 1. The van der Waals surface area contributed by atoms with E-state index in [1.165, 1.54) is 24.3 Å². The normalized spacial score (nSPS) is 10.2. The van der Waals surface area contributed by atoms with Crippen LogP contribution < -0.4 is 4.74 Å². The maximum Gasteiger partial charge on any atom is 0.335 e. The van der Waals surface area contributed by atoms with Gasteiger partial charge in [-0.25, -0.2) is 13.6 Å². The molecule has 0 amide bonds. The predicted octanol–water partition coefficient (Wildman–Crippen LogP) is 2.03. The van der Waals surface area contributed by atoms with Crippen molar-refractivity contribution >= 4 is 5.97 Å². The Balaban J connectivity index is 2.69. The van der Waals surface area contributed by atoms with Gasteiger partial charge in [0, 0.05) is 0 Å². The Labute approximate surface area is 78.9 Å². The average molecular weight is 202 g/mol. The zero-order valence-corrected chi connectivity index (χ0v) is 7.11. The van der Waals surface area contributed by atoms with E-state index < -0.39 is 19.0 Å². The lowest BCUT2D eigenvalue weighted by atomic mass is 10.2. The zero-order chi connectivity index (χ0) is 10.6. The van der Waals surface area contributed by atoms with Crippen LogP contribution in [0.5, 0.6) is 5.75 Å². The molecule has 0 aliphatic rings. The van der Waals surface area contributed by atoms with E-state index in [2.05, 4.69) is 4.74 Å². The van der Waals surface area contributed by atoms with E-state index in [0.29, 0.717) is 0 Å². The number of carbonyl (C=O) groups is 1. The summed E-state index contributed by atoms with van der Waals surface area (Å²) in [5.74, 6) is -0.988. The minimum Gasteiger partial charge on any atom is -0.488 e. The average Bonchev–Trinajstić information content (AvgIpc) is 2.15. The van der Waals surface area contributed by atoms with Crippen LogP contribution in [0.1, 0.15) is 10.4 Å². The number of carboxylic acids is 1. The van der Waals surface area contributed by atoms with Gasteiger partial charge in [-0.1, -0.05) is 6.07 Å². The Morgan fingerprint density at radius 2 is 2.21 bits per heavy atom. The first kappa shape index (κ1) is 10.4. The molecule has 0 aliphatic heterocycles. The Morgan fingerprint density at radius 3 is 2.79 bits per heavy atom. The summed E-state index contributed by atoms with van der Waals surface area (Å²) in [5.41, 5.74) is 0.0109. The van der Waals surface area contributed by atoms with Crippen LogP contribution in [-0.4, -0.2) is 24.1 Å². The summed E-state index contributed by atoms with van der Waals surface area (Å²) in [7, 11) is 0. The predicted molar refractivity (Wildman–Crippen MR) is 44.9 cm³/mol. The van der Waals surface area contributed by atoms with E-state index in [0.717, 1.165) is 0 Å². The molecule has 1 aromatic carbocycles. The quantitative estimate of drug-likeness (QED) is 0.812. The molecule has 5 heteroatoms. The third-order valence-electron chi connectivity index (χ3n) is 1.46. The number of halogens is 2. The van der Waals surface area contributed by atoms with Crippen LogP contribution in [0.15, 0.2) is 24.3 Å². The molecule has 0 fully saturated rings. The van der Waals surface area contributed by atoms with Gasteiger partial charge >= 0.3 is 5.97 Å². The van der Waals surface area contributed by atoms with E-state index in [4.69, 9.17) is 5.11 Å². The van der Waals surface area contributed by atoms with Crippen molar-refractivity contribution in [1.82, 2.24) is 0 Å². The first-order valence-corrected chi connectivity index (χ1v) is 3.84. The molecule has 1 N–H and O–H groups in total. The standard InChI is InChI=1S/C9H8F2O3/c10-8(11)5-14-7-3-1-2-6(4-7)9(12)13/h1-4,8H,5H2,(H,12,13). The molecule has 0 radical (unpaired) electrons. The highest BCUT2D eigenvalue weighted by Crippen LogP contribution is 2.13. The third-order valence-corrected chi connectivity index (χ3v) is 1.46. The van der Waals surface area contributed by atoms with Gasteiger partial charge in [0.1, 0.15) is 12.4 Å². The molecule has 0 saturated heterocycles. The van der Waals surface area contributed by atoms with Gasteiger partial charge in [0.15, 0.2) is 0 Å². The van der Waals surface area contributed by atoms with E-state index in [1.807, 2.05) is 0 Å². The lowest BCUT2D eigenvalue weighted by Gasteiger charge is -2.05. The van der Waals surface area contributed by atoms with Crippen molar-refractivity contribution in [2.75, 3.05) is 6.61 Å². The fourth-order valence-corrected chi connectivity index (χ4v) is 0.878. The van der Waals surface area contributed by atoms with Gasteiger partial charge in [-0.05, 0) is 18.2 Å². The van der Waals surface area contributed by atoms with E-state index in [1.54, 1.807) is 0 Å². The second kappa shape index (κ2) is 4.55. The molecule has 1 aromatic rings. The van der Waals surface area contributed by atoms with Gasteiger partial charge < -0.3 is 9.84 Å². The van der Waals surface area contributed by atoms with Crippen molar-refractivity contribution in [3.05, 3.63) is 29.8 Å². The van der Waals surface area contributed by atoms with Gasteiger partial charge in [-0.3, -0.25) is 0 Å². The Morgan fingerprint density at radius 1 is 1.50 bits per heavy atom. The SMILES string of the molecule is O=C(O)c1cccc(OCC(F)F)c1. The topological polar surface area (TPSA) is 46.5 Å². The van der Waals surface area contributed by atoms with Gasteiger partial charge in [0.2, 0.25) is 0 Å². The van der Waals surface area contributed by atoms with Gasteiger partial charge in [-0.2, -0.15) is 0 Å². The van der Waals surface area contributed by atoms with E-state index >= 15 is 0 Å². The molecular weight excluding hydrogens is 194 g/mol. The molecule has 0 spiro atoms. The summed E-state index contributed by atoms with van der Waals surface area (Å²) >= 11 is 0. The fraction of sp³-hybridized carbons (Fsp3) is 0.222. The zero-order valence-electron chi connectivity index (χ0n) is 7.11. The number of rotatable bonds is 4. The number of ether oxygens (including phenoxy) is 1. The van der Waals surface area contributed by atoms with Crippen LogP contribution in [0.2, 0.25) is 0 Å². The Bertz CT molecular complexity index is 326. The minimum atomic E-state index is -2.57. The second-order valence-corrected chi connectivity index (χ2v) is 2.54. The smallest absolute Gasteiger partial charge is 0.335 e. The van der Waals surface area contributed by atoms with Crippen LogP contribution in [0, 0.1) is 0 Å². The minimum absolute atomic E-state index is 0.0109. The molecule has 76 valence electrons. The van der Waals surface area contributed by atoms with Crippen molar-refractivity contribution in [3.8, 4) is 5.75 Å². The molecule has 0 heterocycles. The first-order valence-electron chi connectivity index (χ1n) is 3.84. The third kappa shape index (κ3) is 3.01. The molecule has 14 heavy (non-hydrogen) atoms. The number of hydrogen-bond donors (Lipinski definition) is 1. The van der Waals surface area contributed by atoms with Crippen molar-refractivity contribution in [2.24, 2.45) is 0 Å². The molecule has 0 atom stereocenters. The molecule has 0 aromatic heterocycles. The van der Waals surface area contributed by atoms with Crippen LogP contribution in [0.4, 0.5) is 8.78 Å². The number of hydrogen-bond acceptors (Lipinski definition) is 2. The Kier molecular flexibility index (Phi) is 3.39. The fourth-order valence-electron chi connectivity index (χ4n) is 0.878. The molecule has 3 nitrogen and oxygen atoms in total. The van der Waals surface area contributed by atoms with Crippen LogP contribution in [-0.2, 0) is 0 Å². The van der Waals surface area contributed by atoms with Crippen molar-refractivity contribution in [2.45, 2.75) is 6.43 Å². The van der Waals surface area contributed by atoms with Crippen molar-refractivity contribution in [3.63, 3.8) is 0 Å². The lowest BCUT2D eigenvalue weighted by molar-refractivity contribution is 0.0695. The summed E-state index contributed by atoms with van der Waals surface area (Å²) in [5, 5.41) is 8.58. The van der Waals surface area contributed by atoms with Crippen molar-refractivity contribution in [1.29, 1.82) is 0 Å². The molecule has 0 saturated carbocycles. The van der Waals surface area contributed by atoms with Gasteiger partial charge in [0.05, 0.1) is 5.56 Å². The van der Waals surface area contributed by atoms with E-state index in [9.17, 15) is 13.6 Å². The number of aromatic carboxylic acids is 1. The van der Waals surface area contributed by atoms with Crippen LogP contribution in [0.3, 0.4) is 0 Å². The number of alkyl halides is 2. The second-order valence-electron chi connectivity index (χ2n) is 2.54. The van der Waals surface area contributed by atoms with Crippen LogP contribution >= 0.6 is 0 Å². The van der Waals surface area contributed by atoms with Crippen molar-refractivity contribution < 1.29 is 23.4 Å². The monoisotopic (exact) mass is 202 g/mol. The summed E-state index contributed by atoms with van der Waals surface area (Å²) < 4.78 is 28.1. The molecule has 0 bridgehead atoms. The van der Waals surface area contributed by atoms with Gasteiger partial charge in [-0.15, -0.1) is 0 Å². The summed E-state index contributed by atoms with van der Waals surface area (Å²) in [6, 6.07) is 5.42. The maximum absolute atomic E-state index is 11.7. The largest absolute Gasteiger partial charge is 0.488 e. The van der Waals surface area contributed by atoms with Gasteiger partial charge in [0.25, 0.3) is 6.43 Å². The van der Waals surface area contributed by atoms with Crippen LogP contribution in [0.25, 0.3) is 0 Å². The summed E-state index contributed by atoms with van der Waals surface area (Å²) in [4.78, 5) is 10.5. The molecule has 0 unspecified atom stereocenters. The summed E-state index contributed by atoms with van der Waals surface area (Å²) in [6.45, 7) is -0.733. The molecular formula is C9H8F2O3. The first-order chi connectivity index (χ1) is 6.59. The summed E-state index contributed by atoms with van der Waals surface area (Å²) in [6.07, 6.45) is -2.57. The highest BCUT2D eigenvalue weighted by atomic mass is 19.3. The highest BCUT2D eigenvalue weighted by Gasteiger charge is 2.06. The van der Waals surface area contributed by atoms with E-state index in [-0.39, 0.29) is 11.3 Å². The maximum atomic E-state index is 11.7. The molecule has 0 aliphatic carbocycles. The Hall–Kier alpha value is -1.65. The lowest BCUT2D eigenvalue weighted by Crippen LogP contribution is -2.07. The highest BCUT2D eigenvalue weighted by molar-refractivity contribution is 5.87.